The summed E-state index contributed by atoms with van der Waals surface area (Å²) in [5, 5.41) is 17.6. The first-order valence-electron chi connectivity index (χ1n) is 6.24. The number of hydrogen-bond acceptors (Lipinski definition) is 5. The summed E-state index contributed by atoms with van der Waals surface area (Å²) in [4.78, 5) is 14.0. The molecule has 1 aliphatic rings. The highest BCUT2D eigenvalue weighted by molar-refractivity contribution is 9.11. The maximum absolute atomic E-state index is 11.2. The number of thiophene rings is 1. The molecule has 0 amide bonds. The van der Waals surface area contributed by atoms with E-state index in [1.165, 1.54) is 0 Å². The molecule has 0 spiro atoms. The van der Waals surface area contributed by atoms with E-state index >= 15 is 0 Å². The highest BCUT2D eigenvalue weighted by Gasteiger charge is 2.31. The number of aliphatic carboxylic acids is 1. The van der Waals surface area contributed by atoms with Crippen molar-refractivity contribution in [1.82, 2.24) is 10.2 Å². The molecule has 1 atom stereocenters. The van der Waals surface area contributed by atoms with Gasteiger partial charge in [-0.3, -0.25) is 0 Å². The average Bonchev–Trinajstić information content (AvgIpc) is 3.07. The van der Waals surface area contributed by atoms with Crippen molar-refractivity contribution in [1.29, 1.82) is 0 Å². The van der Waals surface area contributed by atoms with Crippen LogP contribution in [0.25, 0.3) is 10.6 Å². The van der Waals surface area contributed by atoms with Gasteiger partial charge in [-0.25, -0.2) is 4.79 Å². The van der Waals surface area contributed by atoms with Crippen molar-refractivity contribution in [2.24, 2.45) is 0 Å². The summed E-state index contributed by atoms with van der Waals surface area (Å²) in [6.07, 6.45) is 1.54. The van der Waals surface area contributed by atoms with Crippen LogP contribution in [0.2, 0.25) is 0 Å². The molecule has 3 heterocycles. The van der Waals surface area contributed by atoms with Crippen LogP contribution < -0.4 is 4.90 Å². The lowest BCUT2D eigenvalue weighted by Gasteiger charge is -2.21. The lowest BCUT2D eigenvalue weighted by molar-refractivity contribution is -0.138. The second kappa shape index (κ2) is 5.49. The summed E-state index contributed by atoms with van der Waals surface area (Å²) >= 11 is 5.01. The van der Waals surface area contributed by atoms with Gasteiger partial charge in [-0.2, -0.15) is 0 Å². The van der Waals surface area contributed by atoms with Gasteiger partial charge in [-0.15, -0.1) is 21.5 Å². The number of aromatic nitrogens is 2. The number of carboxylic acid groups (broad SMARTS) is 1. The van der Waals surface area contributed by atoms with Gasteiger partial charge < -0.3 is 10.0 Å². The Balaban J connectivity index is 1.84. The number of carboxylic acids is 1. The second-order valence-corrected chi connectivity index (χ2v) is 7.03. The molecule has 0 bridgehead atoms. The van der Waals surface area contributed by atoms with E-state index in [0.29, 0.717) is 12.2 Å². The molecule has 20 heavy (non-hydrogen) atoms. The fourth-order valence-corrected chi connectivity index (χ4v) is 3.71. The topological polar surface area (TPSA) is 66.3 Å². The Bertz CT molecular complexity index is 629. The molecule has 1 unspecified atom stereocenters. The minimum atomic E-state index is -0.796. The van der Waals surface area contributed by atoms with Crippen LogP contribution >= 0.6 is 27.3 Å². The smallest absolute Gasteiger partial charge is 0.326 e. The van der Waals surface area contributed by atoms with E-state index in [4.69, 9.17) is 0 Å². The monoisotopic (exact) mass is 353 g/mol. The van der Waals surface area contributed by atoms with E-state index in [-0.39, 0.29) is 0 Å². The molecular formula is C13H12BrN3O2S. The Morgan fingerprint density at radius 1 is 1.35 bits per heavy atom. The highest BCUT2D eigenvalue weighted by Crippen LogP contribution is 2.31. The van der Waals surface area contributed by atoms with Gasteiger partial charge in [0.2, 0.25) is 0 Å². The summed E-state index contributed by atoms with van der Waals surface area (Å²) < 4.78 is 1.05. The normalized spacial score (nSPS) is 18.4. The van der Waals surface area contributed by atoms with Gasteiger partial charge in [-0.05, 0) is 53.0 Å². The second-order valence-electron chi connectivity index (χ2n) is 4.57. The van der Waals surface area contributed by atoms with Gasteiger partial charge in [0.1, 0.15) is 11.7 Å². The van der Waals surface area contributed by atoms with Crippen molar-refractivity contribution < 1.29 is 9.90 Å². The number of hydrogen-bond donors (Lipinski definition) is 1. The Hall–Kier alpha value is -1.47. The Morgan fingerprint density at radius 2 is 2.20 bits per heavy atom. The van der Waals surface area contributed by atoms with Crippen molar-refractivity contribution in [3.05, 3.63) is 28.1 Å². The van der Waals surface area contributed by atoms with Gasteiger partial charge >= 0.3 is 5.97 Å². The molecule has 104 valence electrons. The molecule has 7 heteroatoms. The molecule has 1 N–H and O–H groups in total. The van der Waals surface area contributed by atoms with Crippen LogP contribution in [0.1, 0.15) is 12.8 Å². The Kier molecular flexibility index (Phi) is 3.71. The summed E-state index contributed by atoms with van der Waals surface area (Å²) in [6, 6.07) is 7.20. The van der Waals surface area contributed by atoms with E-state index in [2.05, 4.69) is 26.1 Å². The van der Waals surface area contributed by atoms with Crippen molar-refractivity contribution >= 4 is 39.1 Å². The summed E-state index contributed by atoms with van der Waals surface area (Å²) in [5.41, 5.74) is 0.801. The maximum Gasteiger partial charge on any atom is 0.326 e. The lowest BCUT2D eigenvalue weighted by atomic mass is 10.2. The van der Waals surface area contributed by atoms with Crippen molar-refractivity contribution in [2.45, 2.75) is 18.9 Å². The van der Waals surface area contributed by atoms with Gasteiger partial charge in [0.25, 0.3) is 0 Å². The third-order valence-electron chi connectivity index (χ3n) is 3.31. The summed E-state index contributed by atoms with van der Waals surface area (Å²) in [5.74, 6) is -0.162. The van der Waals surface area contributed by atoms with Crippen LogP contribution in [-0.2, 0) is 4.79 Å². The average molecular weight is 354 g/mol. The number of nitrogens with zero attached hydrogens (tertiary/aromatic N) is 3. The third-order valence-corrected chi connectivity index (χ3v) is 4.95. The molecule has 2 aromatic heterocycles. The van der Waals surface area contributed by atoms with E-state index in [9.17, 15) is 9.90 Å². The van der Waals surface area contributed by atoms with Gasteiger partial charge in [0.05, 0.1) is 8.66 Å². The molecule has 1 saturated heterocycles. The van der Waals surface area contributed by atoms with Crippen molar-refractivity contribution in [3.63, 3.8) is 0 Å². The van der Waals surface area contributed by atoms with Gasteiger partial charge in [-0.1, -0.05) is 0 Å². The molecule has 3 rings (SSSR count). The number of rotatable bonds is 3. The summed E-state index contributed by atoms with van der Waals surface area (Å²) in [6.45, 7) is 0.718. The van der Waals surface area contributed by atoms with Crippen LogP contribution in [0.15, 0.2) is 28.1 Å². The third kappa shape index (κ3) is 2.55. The lowest BCUT2D eigenvalue weighted by Crippen LogP contribution is -2.36. The van der Waals surface area contributed by atoms with E-state index in [1.807, 2.05) is 29.2 Å². The zero-order valence-electron chi connectivity index (χ0n) is 10.5. The molecular weight excluding hydrogens is 342 g/mol. The Morgan fingerprint density at radius 3 is 2.80 bits per heavy atom. The van der Waals surface area contributed by atoms with Crippen molar-refractivity contribution in [3.8, 4) is 10.6 Å². The number of halogens is 1. The molecule has 1 aliphatic heterocycles. The first kappa shape index (κ1) is 13.5. The SMILES string of the molecule is O=C(O)C1CCCN1c1ccc(-c2ccc(Br)s2)nn1. The standard InChI is InChI=1S/C13H12BrN3O2S/c14-11-5-4-10(20-11)8-3-6-12(16-15-8)17-7-1-2-9(17)13(18)19/h3-6,9H,1-2,7H2,(H,18,19). The van der Waals surface area contributed by atoms with Crippen molar-refractivity contribution in [2.75, 3.05) is 11.4 Å². The molecule has 0 saturated carbocycles. The van der Waals surface area contributed by atoms with E-state index in [1.54, 1.807) is 11.3 Å². The van der Waals surface area contributed by atoms with Gasteiger partial charge in [0.15, 0.2) is 5.82 Å². The molecule has 0 radical (unpaired) electrons. The quantitative estimate of drug-likeness (QED) is 0.918. The van der Waals surface area contributed by atoms with Crippen LogP contribution in [0.5, 0.6) is 0 Å². The molecule has 2 aromatic rings. The minimum absolute atomic E-state index is 0.481. The van der Waals surface area contributed by atoms with Crippen LogP contribution in [-0.4, -0.2) is 33.9 Å². The number of carbonyl (C=O) groups is 1. The van der Waals surface area contributed by atoms with Crippen LogP contribution in [0, 0.1) is 0 Å². The van der Waals surface area contributed by atoms with Gasteiger partial charge in [0, 0.05) is 6.54 Å². The fourth-order valence-electron chi connectivity index (χ4n) is 2.36. The zero-order chi connectivity index (χ0) is 14.1. The first-order valence-corrected chi connectivity index (χ1v) is 7.85. The Labute approximate surface area is 128 Å². The zero-order valence-corrected chi connectivity index (χ0v) is 12.9. The molecule has 1 fully saturated rings. The maximum atomic E-state index is 11.2. The minimum Gasteiger partial charge on any atom is -0.480 e. The predicted molar refractivity (Wildman–Crippen MR) is 81.0 cm³/mol. The molecule has 5 nitrogen and oxygen atoms in total. The molecule has 0 aromatic carbocycles. The predicted octanol–water partition coefficient (Wildman–Crippen LogP) is 3.02. The molecule has 0 aliphatic carbocycles. The highest BCUT2D eigenvalue weighted by atomic mass is 79.9. The van der Waals surface area contributed by atoms with E-state index < -0.39 is 12.0 Å². The number of anilines is 1. The fraction of sp³-hybridized carbons (Fsp3) is 0.308. The van der Waals surface area contributed by atoms with Crippen LogP contribution in [0.4, 0.5) is 5.82 Å². The largest absolute Gasteiger partial charge is 0.480 e. The summed E-state index contributed by atoms with van der Waals surface area (Å²) in [7, 11) is 0. The van der Waals surface area contributed by atoms with Crippen LogP contribution in [0.3, 0.4) is 0 Å². The van der Waals surface area contributed by atoms with E-state index in [0.717, 1.165) is 27.3 Å². The first-order chi connectivity index (χ1) is 9.65.